The molecule has 98 valence electrons. The fraction of sp³-hybridized carbons (Fsp3) is 0. The lowest BCUT2D eigenvalue weighted by molar-refractivity contribution is 0.102. The summed E-state index contributed by atoms with van der Waals surface area (Å²) in [5.74, 6) is -0.222. The molecule has 0 unspecified atom stereocenters. The molecule has 0 saturated heterocycles. The molecule has 0 fully saturated rings. The van der Waals surface area contributed by atoms with Crippen molar-refractivity contribution in [3.05, 3.63) is 55.0 Å². The zero-order valence-corrected chi connectivity index (χ0v) is 14.1. The van der Waals surface area contributed by atoms with E-state index in [9.17, 15) is 4.79 Å². The minimum absolute atomic E-state index is 0.222. The predicted octanol–water partition coefficient (Wildman–Crippen LogP) is 4.54. The second-order valence-electron chi connectivity index (χ2n) is 3.82. The van der Waals surface area contributed by atoms with Crippen molar-refractivity contribution < 1.29 is 4.79 Å². The summed E-state index contributed by atoms with van der Waals surface area (Å²) in [7, 11) is 0. The first kappa shape index (κ1) is 14.6. The molecular weight excluding hydrogens is 442 g/mol. The zero-order valence-electron chi connectivity index (χ0n) is 9.58. The molecule has 0 atom stereocenters. The number of hydrogen-bond acceptors (Lipinski definition) is 2. The average molecular weight is 451 g/mol. The molecule has 3 N–H and O–H groups in total. The third-order valence-corrected chi connectivity index (χ3v) is 4.73. The first-order valence-corrected chi connectivity index (χ1v) is 7.54. The molecule has 0 aliphatic rings. The Labute approximate surface area is 137 Å². The van der Waals surface area contributed by atoms with Crippen LogP contribution in [0, 0.1) is 3.57 Å². The van der Waals surface area contributed by atoms with Gasteiger partial charge in [-0.05, 0) is 74.9 Å². The molecule has 0 spiro atoms. The van der Waals surface area contributed by atoms with Gasteiger partial charge >= 0.3 is 0 Å². The van der Waals surface area contributed by atoms with Crippen LogP contribution >= 0.6 is 50.1 Å². The molecular formula is C13H9BrClIN2O. The van der Waals surface area contributed by atoms with Gasteiger partial charge in [-0.25, -0.2) is 0 Å². The van der Waals surface area contributed by atoms with E-state index in [0.717, 1.165) is 8.04 Å². The Morgan fingerprint density at radius 2 is 2.00 bits per heavy atom. The maximum Gasteiger partial charge on any atom is 0.255 e. The fourth-order valence-electron chi connectivity index (χ4n) is 1.46. The number of nitrogens with two attached hydrogens (primary N) is 1. The fourth-order valence-corrected chi connectivity index (χ4v) is 2.22. The smallest absolute Gasteiger partial charge is 0.255 e. The number of anilines is 2. The van der Waals surface area contributed by atoms with Crippen molar-refractivity contribution in [2.45, 2.75) is 0 Å². The summed E-state index contributed by atoms with van der Waals surface area (Å²) >= 11 is 11.4. The van der Waals surface area contributed by atoms with E-state index in [1.807, 2.05) is 0 Å². The van der Waals surface area contributed by atoms with Gasteiger partial charge < -0.3 is 11.1 Å². The SMILES string of the molecule is Nc1cc(NC(=O)c2ccc(I)c(Cl)c2)ccc1Br. The highest BCUT2D eigenvalue weighted by Crippen LogP contribution is 2.24. The molecule has 2 rings (SSSR count). The topological polar surface area (TPSA) is 55.1 Å². The summed E-state index contributed by atoms with van der Waals surface area (Å²) < 4.78 is 1.70. The van der Waals surface area contributed by atoms with Gasteiger partial charge in [0.1, 0.15) is 0 Å². The molecule has 2 aromatic rings. The summed E-state index contributed by atoms with van der Waals surface area (Å²) in [5, 5.41) is 3.33. The number of hydrogen-bond donors (Lipinski definition) is 2. The predicted molar refractivity (Wildman–Crippen MR) is 90.7 cm³/mol. The quantitative estimate of drug-likeness (QED) is 0.520. The van der Waals surface area contributed by atoms with Crippen LogP contribution in [0.3, 0.4) is 0 Å². The minimum atomic E-state index is -0.222. The molecule has 3 nitrogen and oxygen atoms in total. The van der Waals surface area contributed by atoms with Crippen LogP contribution in [0.15, 0.2) is 40.9 Å². The number of carbonyl (C=O) groups is 1. The summed E-state index contributed by atoms with van der Waals surface area (Å²) in [6.07, 6.45) is 0. The third-order valence-electron chi connectivity index (χ3n) is 2.44. The first-order valence-electron chi connectivity index (χ1n) is 5.29. The molecule has 0 aliphatic heterocycles. The van der Waals surface area contributed by atoms with Gasteiger partial charge in [-0.3, -0.25) is 4.79 Å². The number of rotatable bonds is 2. The Morgan fingerprint density at radius 3 is 2.63 bits per heavy atom. The van der Waals surface area contributed by atoms with Crippen LogP contribution in [0.25, 0.3) is 0 Å². The second-order valence-corrected chi connectivity index (χ2v) is 6.24. The third kappa shape index (κ3) is 3.61. The first-order chi connectivity index (χ1) is 8.97. The number of carbonyl (C=O) groups excluding carboxylic acids is 1. The lowest BCUT2D eigenvalue weighted by Crippen LogP contribution is -2.12. The molecule has 0 aromatic heterocycles. The molecule has 2 aromatic carbocycles. The van der Waals surface area contributed by atoms with E-state index in [2.05, 4.69) is 43.8 Å². The van der Waals surface area contributed by atoms with Crippen molar-refractivity contribution in [1.82, 2.24) is 0 Å². The molecule has 19 heavy (non-hydrogen) atoms. The van der Waals surface area contributed by atoms with Gasteiger partial charge in [-0.15, -0.1) is 0 Å². The van der Waals surface area contributed by atoms with Crippen molar-refractivity contribution in [2.75, 3.05) is 11.1 Å². The van der Waals surface area contributed by atoms with Crippen molar-refractivity contribution >= 4 is 67.4 Å². The molecule has 6 heteroatoms. The van der Waals surface area contributed by atoms with E-state index < -0.39 is 0 Å². The van der Waals surface area contributed by atoms with Crippen molar-refractivity contribution in [3.8, 4) is 0 Å². The van der Waals surface area contributed by atoms with Crippen LogP contribution in [0.4, 0.5) is 11.4 Å². The largest absolute Gasteiger partial charge is 0.398 e. The van der Waals surface area contributed by atoms with Gasteiger partial charge in [-0.1, -0.05) is 11.6 Å². The monoisotopic (exact) mass is 450 g/mol. The summed E-state index contributed by atoms with van der Waals surface area (Å²) in [6, 6.07) is 10.4. The van der Waals surface area contributed by atoms with Crippen molar-refractivity contribution in [1.29, 1.82) is 0 Å². The van der Waals surface area contributed by atoms with Crippen LogP contribution in [0.1, 0.15) is 10.4 Å². The average Bonchev–Trinajstić information content (AvgIpc) is 2.37. The van der Waals surface area contributed by atoms with Gasteiger partial charge in [0, 0.05) is 25.0 Å². The summed E-state index contributed by atoms with van der Waals surface area (Å²) in [6.45, 7) is 0. The van der Waals surface area contributed by atoms with Gasteiger partial charge in [0.25, 0.3) is 5.91 Å². The van der Waals surface area contributed by atoms with Crippen molar-refractivity contribution in [2.24, 2.45) is 0 Å². The molecule has 0 saturated carbocycles. The van der Waals surface area contributed by atoms with E-state index in [4.69, 9.17) is 17.3 Å². The highest BCUT2D eigenvalue weighted by atomic mass is 127. The Balaban J connectivity index is 2.20. The molecule has 0 aliphatic carbocycles. The van der Waals surface area contributed by atoms with Crippen LogP contribution in [-0.4, -0.2) is 5.91 Å². The zero-order chi connectivity index (χ0) is 14.0. The van der Waals surface area contributed by atoms with Gasteiger partial charge in [0.05, 0.1) is 5.02 Å². The standard InChI is InChI=1S/C13H9BrClIN2O/c14-9-3-2-8(6-12(9)17)18-13(19)7-1-4-11(16)10(15)5-7/h1-6H,17H2,(H,18,19). The molecule has 0 heterocycles. The molecule has 0 bridgehead atoms. The molecule has 1 amide bonds. The number of benzene rings is 2. The van der Waals surface area contributed by atoms with E-state index in [0.29, 0.717) is 22.0 Å². The lowest BCUT2D eigenvalue weighted by Gasteiger charge is -2.07. The lowest BCUT2D eigenvalue weighted by atomic mass is 10.2. The number of amides is 1. The van der Waals surface area contributed by atoms with Crippen LogP contribution < -0.4 is 11.1 Å². The maximum atomic E-state index is 12.0. The highest BCUT2D eigenvalue weighted by molar-refractivity contribution is 14.1. The normalized spacial score (nSPS) is 10.3. The Kier molecular flexibility index (Phi) is 4.70. The van der Waals surface area contributed by atoms with Gasteiger partial charge in [0.2, 0.25) is 0 Å². The Bertz CT molecular complexity index is 649. The summed E-state index contributed by atoms with van der Waals surface area (Å²) in [5.41, 5.74) is 7.47. The number of nitrogens with one attached hydrogen (secondary N) is 1. The van der Waals surface area contributed by atoms with Crippen LogP contribution in [0.2, 0.25) is 5.02 Å². The minimum Gasteiger partial charge on any atom is -0.398 e. The Morgan fingerprint density at radius 1 is 1.26 bits per heavy atom. The van der Waals surface area contributed by atoms with E-state index in [1.165, 1.54) is 0 Å². The van der Waals surface area contributed by atoms with Crippen LogP contribution in [-0.2, 0) is 0 Å². The van der Waals surface area contributed by atoms with E-state index in [1.54, 1.807) is 36.4 Å². The maximum absolute atomic E-state index is 12.0. The number of nitrogen functional groups attached to an aromatic ring is 1. The van der Waals surface area contributed by atoms with E-state index >= 15 is 0 Å². The molecule has 0 radical (unpaired) electrons. The van der Waals surface area contributed by atoms with Crippen molar-refractivity contribution in [3.63, 3.8) is 0 Å². The van der Waals surface area contributed by atoms with Gasteiger partial charge in [-0.2, -0.15) is 0 Å². The van der Waals surface area contributed by atoms with Gasteiger partial charge in [0.15, 0.2) is 0 Å². The summed E-state index contributed by atoms with van der Waals surface area (Å²) in [4.78, 5) is 12.0. The van der Waals surface area contributed by atoms with E-state index in [-0.39, 0.29) is 5.91 Å². The highest BCUT2D eigenvalue weighted by Gasteiger charge is 2.09. The second kappa shape index (κ2) is 6.11. The Hall–Kier alpha value is -0.790. The number of halogens is 3. The van der Waals surface area contributed by atoms with Crippen LogP contribution in [0.5, 0.6) is 0 Å².